The van der Waals surface area contributed by atoms with E-state index < -0.39 is 5.60 Å². The van der Waals surface area contributed by atoms with Crippen LogP contribution in [0.1, 0.15) is 38.7 Å². The van der Waals surface area contributed by atoms with Gasteiger partial charge >= 0.3 is 0 Å². The molecule has 3 nitrogen and oxygen atoms in total. The van der Waals surface area contributed by atoms with Crippen LogP contribution >= 0.6 is 0 Å². The van der Waals surface area contributed by atoms with Gasteiger partial charge in [-0.05, 0) is 50.3 Å². The topological polar surface area (TPSA) is 49.5 Å². The molecule has 1 unspecified atom stereocenters. The minimum atomic E-state index is -0.707. The van der Waals surface area contributed by atoms with Gasteiger partial charge in [-0.1, -0.05) is 19.1 Å². The van der Waals surface area contributed by atoms with E-state index in [1.54, 1.807) is 6.92 Å². The van der Waals surface area contributed by atoms with E-state index in [0.717, 1.165) is 32.2 Å². The van der Waals surface area contributed by atoms with Gasteiger partial charge in [0.25, 0.3) is 0 Å². The first kappa shape index (κ1) is 16.0. The van der Waals surface area contributed by atoms with Gasteiger partial charge in [-0.3, -0.25) is 0 Å². The van der Waals surface area contributed by atoms with Gasteiger partial charge < -0.3 is 15.7 Å². The van der Waals surface area contributed by atoms with Crippen LogP contribution in [0.4, 0.5) is 5.69 Å². The zero-order valence-corrected chi connectivity index (χ0v) is 12.5. The molecular weight excluding hydrogens is 236 g/mol. The molecule has 0 bridgehead atoms. The second kappa shape index (κ2) is 7.51. The van der Waals surface area contributed by atoms with E-state index in [1.807, 2.05) is 0 Å². The third kappa shape index (κ3) is 5.62. The zero-order valence-electron chi connectivity index (χ0n) is 12.5. The Morgan fingerprint density at radius 1 is 1.21 bits per heavy atom. The number of hydrogen-bond donors (Lipinski definition) is 2. The minimum Gasteiger partial charge on any atom is -0.389 e. The molecule has 0 saturated heterocycles. The summed E-state index contributed by atoms with van der Waals surface area (Å²) in [5.41, 5.74) is 7.42. The van der Waals surface area contributed by atoms with Gasteiger partial charge in [0.1, 0.15) is 0 Å². The van der Waals surface area contributed by atoms with Crippen LogP contribution < -0.4 is 10.6 Å². The number of anilines is 1. The summed E-state index contributed by atoms with van der Waals surface area (Å²) < 4.78 is 0. The summed E-state index contributed by atoms with van der Waals surface area (Å²) in [6, 6.07) is 8.72. The van der Waals surface area contributed by atoms with E-state index in [2.05, 4.69) is 43.1 Å². The molecule has 1 aromatic carbocycles. The minimum absolute atomic E-state index is 0.335. The maximum Gasteiger partial charge on any atom is 0.0741 e. The van der Waals surface area contributed by atoms with Gasteiger partial charge in [-0.25, -0.2) is 0 Å². The Balaban J connectivity index is 2.32. The fourth-order valence-corrected chi connectivity index (χ4v) is 2.07. The Morgan fingerprint density at radius 3 is 2.37 bits per heavy atom. The summed E-state index contributed by atoms with van der Waals surface area (Å²) in [5.74, 6) is 0. The van der Waals surface area contributed by atoms with Gasteiger partial charge in [0.15, 0.2) is 0 Å². The highest BCUT2D eigenvalue weighted by molar-refractivity contribution is 5.46. The van der Waals surface area contributed by atoms with Crippen LogP contribution in [0.25, 0.3) is 0 Å². The van der Waals surface area contributed by atoms with Crippen LogP contribution in [0.15, 0.2) is 24.3 Å². The van der Waals surface area contributed by atoms with Crippen molar-refractivity contribution in [2.45, 2.75) is 45.1 Å². The normalized spacial score (nSPS) is 14.2. The van der Waals surface area contributed by atoms with E-state index >= 15 is 0 Å². The van der Waals surface area contributed by atoms with Gasteiger partial charge in [0, 0.05) is 25.8 Å². The number of unbranched alkanes of at least 4 members (excludes halogenated alkanes) is 1. The molecule has 108 valence electrons. The van der Waals surface area contributed by atoms with Crippen LogP contribution in [-0.2, 0) is 6.42 Å². The van der Waals surface area contributed by atoms with Crippen molar-refractivity contribution in [3.8, 4) is 0 Å². The molecule has 3 heteroatoms. The fraction of sp³-hybridized carbons (Fsp3) is 0.625. The Morgan fingerprint density at radius 2 is 1.84 bits per heavy atom. The maximum absolute atomic E-state index is 9.82. The Bertz CT molecular complexity index is 360. The molecule has 3 N–H and O–H groups in total. The van der Waals surface area contributed by atoms with Crippen molar-refractivity contribution >= 4 is 5.69 Å². The van der Waals surface area contributed by atoms with Crippen LogP contribution in [-0.4, -0.2) is 30.8 Å². The third-order valence-corrected chi connectivity index (χ3v) is 3.68. The smallest absolute Gasteiger partial charge is 0.0741 e. The quantitative estimate of drug-likeness (QED) is 0.710. The molecule has 0 heterocycles. The highest BCUT2D eigenvalue weighted by atomic mass is 16.3. The molecule has 0 aromatic heterocycles. The molecule has 0 spiro atoms. The lowest BCUT2D eigenvalue weighted by Crippen LogP contribution is -2.34. The number of nitrogens with two attached hydrogens (primary N) is 1. The summed E-state index contributed by atoms with van der Waals surface area (Å²) in [6.45, 7) is 5.32. The maximum atomic E-state index is 9.82. The molecule has 0 aliphatic carbocycles. The number of aryl methyl sites for hydroxylation is 1. The summed E-state index contributed by atoms with van der Waals surface area (Å²) in [4.78, 5) is 2.26. The lowest BCUT2D eigenvalue weighted by molar-refractivity contribution is 0.0575. The molecule has 0 fully saturated rings. The van der Waals surface area contributed by atoms with Crippen LogP contribution in [0.2, 0.25) is 0 Å². The van der Waals surface area contributed by atoms with Crippen molar-refractivity contribution in [2.24, 2.45) is 5.73 Å². The molecule has 0 aliphatic rings. The van der Waals surface area contributed by atoms with Crippen molar-refractivity contribution in [2.75, 3.05) is 25.0 Å². The Kier molecular flexibility index (Phi) is 6.32. The second-order valence-corrected chi connectivity index (χ2v) is 5.60. The average Bonchev–Trinajstić information content (AvgIpc) is 2.43. The predicted octanol–water partition coefficient (Wildman–Crippen LogP) is 2.57. The highest BCUT2D eigenvalue weighted by Gasteiger charge is 2.16. The lowest BCUT2D eigenvalue weighted by atomic mass is 9.99. The van der Waals surface area contributed by atoms with E-state index in [9.17, 15) is 5.11 Å². The van der Waals surface area contributed by atoms with Crippen molar-refractivity contribution in [1.29, 1.82) is 0 Å². The Hall–Kier alpha value is -1.06. The second-order valence-electron chi connectivity index (χ2n) is 5.60. The van der Waals surface area contributed by atoms with E-state index in [1.165, 1.54) is 11.3 Å². The lowest BCUT2D eigenvalue weighted by Gasteiger charge is -2.23. The predicted molar refractivity (Wildman–Crippen MR) is 82.6 cm³/mol. The first-order chi connectivity index (χ1) is 8.98. The number of benzene rings is 1. The van der Waals surface area contributed by atoms with Gasteiger partial charge in [-0.15, -0.1) is 0 Å². The van der Waals surface area contributed by atoms with Crippen molar-refractivity contribution in [3.63, 3.8) is 0 Å². The van der Waals surface area contributed by atoms with E-state index in [-0.39, 0.29) is 0 Å². The fourth-order valence-electron chi connectivity index (χ4n) is 2.07. The van der Waals surface area contributed by atoms with Crippen LogP contribution in [0.3, 0.4) is 0 Å². The number of aliphatic hydroxyl groups is 1. The SMILES string of the molecule is CCc1ccc(N(C)CCCCC(C)(O)CN)cc1. The van der Waals surface area contributed by atoms with Gasteiger partial charge in [0.05, 0.1) is 5.60 Å². The number of rotatable bonds is 8. The highest BCUT2D eigenvalue weighted by Crippen LogP contribution is 2.16. The number of hydrogen-bond acceptors (Lipinski definition) is 3. The summed E-state index contributed by atoms with van der Waals surface area (Å²) in [7, 11) is 2.11. The van der Waals surface area contributed by atoms with Crippen LogP contribution in [0, 0.1) is 0 Å². The Labute approximate surface area is 117 Å². The molecule has 1 rings (SSSR count). The molecule has 0 radical (unpaired) electrons. The van der Waals surface area contributed by atoms with Crippen LogP contribution in [0.5, 0.6) is 0 Å². The summed E-state index contributed by atoms with van der Waals surface area (Å²) in [6.07, 6.45) is 3.92. The largest absolute Gasteiger partial charge is 0.389 e. The molecule has 1 atom stereocenters. The molecule has 0 aliphatic heterocycles. The molecule has 0 saturated carbocycles. The zero-order chi connectivity index (χ0) is 14.3. The molecule has 1 aromatic rings. The first-order valence-corrected chi connectivity index (χ1v) is 7.21. The molecular formula is C16H28N2O. The summed E-state index contributed by atoms with van der Waals surface area (Å²) in [5, 5.41) is 9.82. The molecule has 0 amide bonds. The standard InChI is InChI=1S/C16H28N2O/c1-4-14-7-9-15(10-8-14)18(3)12-6-5-11-16(2,19)13-17/h7-10,19H,4-6,11-13,17H2,1-3H3. The monoisotopic (exact) mass is 264 g/mol. The van der Waals surface area contributed by atoms with Gasteiger partial charge in [-0.2, -0.15) is 0 Å². The van der Waals surface area contributed by atoms with Crippen molar-refractivity contribution in [3.05, 3.63) is 29.8 Å². The van der Waals surface area contributed by atoms with Crippen molar-refractivity contribution in [1.82, 2.24) is 0 Å². The first-order valence-electron chi connectivity index (χ1n) is 7.21. The average molecular weight is 264 g/mol. The summed E-state index contributed by atoms with van der Waals surface area (Å²) >= 11 is 0. The van der Waals surface area contributed by atoms with Gasteiger partial charge in [0.2, 0.25) is 0 Å². The third-order valence-electron chi connectivity index (χ3n) is 3.68. The molecule has 19 heavy (non-hydrogen) atoms. The van der Waals surface area contributed by atoms with E-state index in [0.29, 0.717) is 6.54 Å². The van der Waals surface area contributed by atoms with E-state index in [4.69, 9.17) is 5.73 Å². The number of nitrogens with zero attached hydrogens (tertiary/aromatic N) is 1. The van der Waals surface area contributed by atoms with Crippen molar-refractivity contribution < 1.29 is 5.11 Å².